The van der Waals surface area contributed by atoms with Crippen LogP contribution in [0.25, 0.3) is 0 Å². The number of carbonyl (C=O) groups is 1. The zero-order valence-electron chi connectivity index (χ0n) is 19.0. The Morgan fingerprint density at radius 3 is 2.50 bits per heavy atom. The Bertz CT molecular complexity index is 734. The van der Waals surface area contributed by atoms with E-state index in [0.717, 1.165) is 17.7 Å². The SMILES string of the molecule is C#CCOc1cnc(N(C(=O)OC(C)(C)C)C(O)OC(C)(C)C)nc1NCCCC. The maximum absolute atomic E-state index is 12.8. The van der Waals surface area contributed by atoms with Gasteiger partial charge in [-0.25, -0.2) is 9.78 Å². The minimum Gasteiger partial charge on any atom is -0.475 e. The van der Waals surface area contributed by atoms with Gasteiger partial charge in [0.15, 0.2) is 11.6 Å². The van der Waals surface area contributed by atoms with Crippen LogP contribution in [0.1, 0.15) is 61.3 Å². The fourth-order valence-corrected chi connectivity index (χ4v) is 2.16. The summed E-state index contributed by atoms with van der Waals surface area (Å²) in [6.07, 6.45) is 6.02. The molecule has 0 aliphatic rings. The number of terminal acetylenes is 1. The van der Waals surface area contributed by atoms with Gasteiger partial charge in [-0.1, -0.05) is 19.3 Å². The number of anilines is 2. The number of unbranched alkanes of at least 4 members (excludes halogenated alkanes) is 1. The first kappa shape index (κ1) is 25.5. The number of nitrogens with one attached hydrogen (secondary N) is 1. The van der Waals surface area contributed by atoms with Crippen LogP contribution in [0.4, 0.5) is 16.6 Å². The second-order valence-electron chi connectivity index (χ2n) is 8.56. The highest BCUT2D eigenvalue weighted by Crippen LogP contribution is 2.27. The van der Waals surface area contributed by atoms with Crippen molar-refractivity contribution in [1.82, 2.24) is 9.97 Å². The van der Waals surface area contributed by atoms with Crippen molar-refractivity contribution in [2.45, 2.75) is 78.9 Å². The average Bonchev–Trinajstić information content (AvgIpc) is 2.58. The molecule has 1 aromatic rings. The molecule has 1 unspecified atom stereocenters. The Kier molecular flexibility index (Phi) is 9.33. The summed E-state index contributed by atoms with van der Waals surface area (Å²) in [6, 6.07) is 0. The summed E-state index contributed by atoms with van der Waals surface area (Å²) in [5, 5.41) is 13.8. The van der Waals surface area contributed by atoms with Gasteiger partial charge in [0.05, 0.1) is 11.8 Å². The standard InChI is InChI=1S/C21H34N4O5/c1-9-11-12-22-16-15(28-13-10-2)14-23-17(24-16)25(18(26)29-20(3,4)5)19(27)30-21(6,7)8/h2,14,18,26H,9,11-13H2,1,3-8H3,(H,22,23,24). The largest absolute Gasteiger partial charge is 0.475 e. The van der Waals surface area contributed by atoms with Crippen LogP contribution in [0.2, 0.25) is 0 Å². The Morgan fingerprint density at radius 1 is 1.30 bits per heavy atom. The van der Waals surface area contributed by atoms with Crippen molar-refractivity contribution < 1.29 is 24.1 Å². The van der Waals surface area contributed by atoms with E-state index in [1.165, 1.54) is 6.20 Å². The molecular formula is C21H34N4O5. The number of aliphatic hydroxyl groups is 1. The van der Waals surface area contributed by atoms with E-state index in [1.807, 2.05) is 0 Å². The topological polar surface area (TPSA) is 106 Å². The Morgan fingerprint density at radius 2 is 1.97 bits per heavy atom. The van der Waals surface area contributed by atoms with E-state index in [9.17, 15) is 9.90 Å². The van der Waals surface area contributed by atoms with Gasteiger partial charge in [0, 0.05) is 6.54 Å². The van der Waals surface area contributed by atoms with Crippen molar-refractivity contribution in [2.24, 2.45) is 0 Å². The van der Waals surface area contributed by atoms with Gasteiger partial charge >= 0.3 is 6.09 Å². The van der Waals surface area contributed by atoms with Gasteiger partial charge in [0.1, 0.15) is 12.2 Å². The molecule has 9 nitrogen and oxygen atoms in total. The number of hydrogen-bond donors (Lipinski definition) is 2. The molecule has 0 aromatic carbocycles. The lowest BCUT2D eigenvalue weighted by Crippen LogP contribution is -2.48. The average molecular weight is 423 g/mol. The number of rotatable bonds is 9. The van der Waals surface area contributed by atoms with Crippen LogP contribution in [0, 0.1) is 12.3 Å². The molecule has 1 atom stereocenters. The summed E-state index contributed by atoms with van der Waals surface area (Å²) < 4.78 is 16.4. The van der Waals surface area contributed by atoms with Crippen LogP contribution in [-0.4, -0.2) is 51.9 Å². The molecule has 0 bridgehead atoms. The first-order valence-corrected chi connectivity index (χ1v) is 9.93. The van der Waals surface area contributed by atoms with Gasteiger partial charge in [-0.05, 0) is 48.0 Å². The molecule has 9 heteroatoms. The van der Waals surface area contributed by atoms with E-state index < -0.39 is 23.7 Å². The quantitative estimate of drug-likeness (QED) is 0.354. The zero-order chi connectivity index (χ0) is 22.9. The van der Waals surface area contributed by atoms with Crippen molar-refractivity contribution in [3.05, 3.63) is 6.20 Å². The minimum absolute atomic E-state index is 0.0384. The van der Waals surface area contributed by atoms with Crippen molar-refractivity contribution in [1.29, 1.82) is 0 Å². The van der Waals surface area contributed by atoms with E-state index in [2.05, 4.69) is 28.1 Å². The van der Waals surface area contributed by atoms with Crippen molar-refractivity contribution in [2.75, 3.05) is 23.4 Å². The monoisotopic (exact) mass is 422 g/mol. The van der Waals surface area contributed by atoms with Crippen LogP contribution < -0.4 is 15.0 Å². The predicted molar refractivity (Wildman–Crippen MR) is 115 cm³/mol. The summed E-state index contributed by atoms with van der Waals surface area (Å²) >= 11 is 0. The molecule has 1 heterocycles. The molecule has 168 valence electrons. The third-order valence-corrected chi connectivity index (χ3v) is 3.36. The second-order valence-corrected chi connectivity index (χ2v) is 8.56. The Hall–Kier alpha value is -2.57. The van der Waals surface area contributed by atoms with Gasteiger partial charge in [-0.2, -0.15) is 9.88 Å². The molecule has 0 aliphatic heterocycles. The van der Waals surface area contributed by atoms with Gasteiger partial charge in [-0.3, -0.25) is 0 Å². The van der Waals surface area contributed by atoms with Gasteiger partial charge in [0.2, 0.25) is 12.4 Å². The summed E-state index contributed by atoms with van der Waals surface area (Å²) in [6.45, 7) is 13.1. The van der Waals surface area contributed by atoms with E-state index in [1.54, 1.807) is 41.5 Å². The summed E-state index contributed by atoms with van der Waals surface area (Å²) in [4.78, 5) is 22.2. The number of nitrogens with zero attached hydrogens (tertiary/aromatic N) is 3. The fraction of sp³-hybridized carbons (Fsp3) is 0.667. The van der Waals surface area contributed by atoms with Crippen LogP contribution in [0.3, 0.4) is 0 Å². The number of aromatic nitrogens is 2. The highest BCUT2D eigenvalue weighted by atomic mass is 16.7. The van der Waals surface area contributed by atoms with E-state index in [0.29, 0.717) is 18.1 Å². The molecule has 1 aromatic heterocycles. The number of ether oxygens (including phenoxy) is 3. The smallest absolute Gasteiger partial charge is 0.421 e. The first-order chi connectivity index (χ1) is 13.9. The highest BCUT2D eigenvalue weighted by molar-refractivity contribution is 5.86. The molecule has 0 aliphatic carbocycles. The zero-order valence-corrected chi connectivity index (χ0v) is 19.0. The molecule has 2 N–H and O–H groups in total. The molecule has 1 rings (SSSR count). The van der Waals surface area contributed by atoms with Crippen LogP contribution in [-0.2, 0) is 9.47 Å². The third kappa shape index (κ3) is 8.84. The van der Waals surface area contributed by atoms with E-state index in [4.69, 9.17) is 20.6 Å². The lowest BCUT2D eigenvalue weighted by Gasteiger charge is -2.32. The molecule has 0 saturated heterocycles. The normalized spacial score (nSPS) is 12.6. The van der Waals surface area contributed by atoms with E-state index >= 15 is 0 Å². The Balaban J connectivity index is 3.33. The maximum Gasteiger partial charge on any atom is 0.421 e. The lowest BCUT2D eigenvalue weighted by atomic mass is 10.2. The predicted octanol–water partition coefficient (Wildman–Crippen LogP) is 3.53. The minimum atomic E-state index is -1.67. The molecule has 0 radical (unpaired) electrons. The van der Waals surface area contributed by atoms with Crippen LogP contribution in [0.5, 0.6) is 5.75 Å². The molecular weight excluding hydrogens is 388 g/mol. The fourth-order valence-electron chi connectivity index (χ4n) is 2.16. The van der Waals surface area contributed by atoms with Gasteiger partial charge < -0.3 is 24.6 Å². The molecule has 1 amide bonds. The van der Waals surface area contributed by atoms with Crippen molar-refractivity contribution in [3.63, 3.8) is 0 Å². The van der Waals surface area contributed by atoms with Gasteiger partial charge in [-0.15, -0.1) is 6.42 Å². The van der Waals surface area contributed by atoms with Crippen LogP contribution in [0.15, 0.2) is 6.20 Å². The van der Waals surface area contributed by atoms with Gasteiger partial charge in [0.25, 0.3) is 0 Å². The van der Waals surface area contributed by atoms with Crippen molar-refractivity contribution >= 4 is 17.9 Å². The molecule has 30 heavy (non-hydrogen) atoms. The second kappa shape index (κ2) is 11.0. The van der Waals surface area contributed by atoms with Crippen molar-refractivity contribution in [3.8, 4) is 18.1 Å². The molecule has 0 saturated carbocycles. The number of aliphatic hydroxyl groups excluding tert-OH is 1. The number of amides is 1. The Labute approximate surface area is 179 Å². The van der Waals surface area contributed by atoms with E-state index in [-0.39, 0.29) is 12.6 Å². The maximum atomic E-state index is 12.8. The van der Waals surface area contributed by atoms with Crippen LogP contribution >= 0.6 is 0 Å². The number of carbonyl (C=O) groups excluding carboxylic acids is 1. The highest BCUT2D eigenvalue weighted by Gasteiger charge is 2.34. The first-order valence-electron chi connectivity index (χ1n) is 9.93. The third-order valence-electron chi connectivity index (χ3n) is 3.36. The lowest BCUT2D eigenvalue weighted by molar-refractivity contribution is -0.163. The summed E-state index contributed by atoms with van der Waals surface area (Å²) in [5.74, 6) is 2.97. The molecule has 0 fully saturated rings. The summed E-state index contributed by atoms with van der Waals surface area (Å²) in [5.41, 5.74) is -1.54. The summed E-state index contributed by atoms with van der Waals surface area (Å²) in [7, 11) is 0. The number of hydrogen-bond acceptors (Lipinski definition) is 8. The molecule has 0 spiro atoms.